The van der Waals surface area contributed by atoms with Crippen LogP contribution in [0.5, 0.6) is 0 Å². The zero-order valence-electron chi connectivity index (χ0n) is 20.7. The molecule has 36 heavy (non-hydrogen) atoms. The molecule has 0 aliphatic carbocycles. The van der Waals surface area contributed by atoms with Gasteiger partial charge >= 0.3 is 0 Å². The number of aliphatic imine (C=N–C) groups is 1. The predicted octanol–water partition coefficient (Wildman–Crippen LogP) is 3.57. The zero-order valence-corrected chi connectivity index (χ0v) is 21.5. The highest BCUT2D eigenvalue weighted by Crippen LogP contribution is 2.36. The molecule has 0 spiro atoms. The Labute approximate surface area is 212 Å². The molecule has 4 heterocycles. The van der Waals surface area contributed by atoms with Crippen molar-refractivity contribution in [3.63, 3.8) is 0 Å². The molecule has 5 rings (SSSR count). The minimum atomic E-state index is -1.08. The molecule has 3 atom stereocenters. The summed E-state index contributed by atoms with van der Waals surface area (Å²) >= 11 is 1.58. The Morgan fingerprint density at radius 1 is 1.25 bits per heavy atom. The van der Waals surface area contributed by atoms with Gasteiger partial charge in [0.05, 0.1) is 22.1 Å². The highest BCUT2D eigenvalue weighted by molar-refractivity contribution is 7.13. The van der Waals surface area contributed by atoms with E-state index in [4.69, 9.17) is 9.52 Å². The number of nitrogens with zero attached hydrogens (tertiary/aromatic N) is 3. The molecule has 0 bridgehead atoms. The largest absolute Gasteiger partial charge is 0.383 e. The Bertz CT molecular complexity index is 1390. The average Bonchev–Trinajstić information content (AvgIpc) is 3.63. The highest BCUT2D eigenvalue weighted by Gasteiger charge is 2.46. The van der Waals surface area contributed by atoms with Crippen LogP contribution in [0.2, 0.25) is 0 Å². The van der Waals surface area contributed by atoms with Gasteiger partial charge in [0.15, 0.2) is 11.3 Å². The van der Waals surface area contributed by atoms with Crippen molar-refractivity contribution in [3.05, 3.63) is 63.2 Å². The number of thiazole rings is 1. The Hall–Kier alpha value is -3.53. The van der Waals surface area contributed by atoms with E-state index in [1.54, 1.807) is 23.2 Å². The van der Waals surface area contributed by atoms with Crippen molar-refractivity contribution in [2.75, 3.05) is 6.54 Å². The van der Waals surface area contributed by atoms with Crippen LogP contribution in [0.3, 0.4) is 0 Å². The summed E-state index contributed by atoms with van der Waals surface area (Å²) in [6, 6.07) is 8.84. The molecule has 188 valence electrons. The monoisotopic (exact) mass is 507 g/mol. The van der Waals surface area contributed by atoms with Gasteiger partial charge in [-0.05, 0) is 43.7 Å². The number of H-pyrrole nitrogens is 1. The van der Waals surface area contributed by atoms with Crippen molar-refractivity contribution in [3.8, 4) is 10.4 Å². The first-order valence-electron chi connectivity index (χ1n) is 12.1. The summed E-state index contributed by atoms with van der Waals surface area (Å²) in [6.45, 7) is 8.17. The summed E-state index contributed by atoms with van der Waals surface area (Å²) in [5.41, 5.74) is 3.17. The Balaban J connectivity index is 1.42. The van der Waals surface area contributed by atoms with E-state index in [0.717, 1.165) is 28.1 Å². The first-order valence-corrected chi connectivity index (χ1v) is 13.0. The lowest BCUT2D eigenvalue weighted by Crippen LogP contribution is -2.48. The van der Waals surface area contributed by atoms with Crippen molar-refractivity contribution >= 4 is 29.0 Å². The quantitative estimate of drug-likeness (QED) is 0.528. The number of benzene rings is 1. The lowest BCUT2D eigenvalue weighted by atomic mass is 9.91. The lowest BCUT2D eigenvalue weighted by Gasteiger charge is -2.29. The normalized spacial score (nSPS) is 22.7. The number of rotatable bonds is 6. The fourth-order valence-electron chi connectivity index (χ4n) is 5.12. The van der Waals surface area contributed by atoms with Crippen molar-refractivity contribution in [1.29, 1.82) is 0 Å². The SMILES string of the molecule is Cc1ncsc1-c1ccc([C@]2(C)N=C([C@H]3CCCN3C(=O)C(c3cc(=O)[nH]o3)C(C)C)NC2=O)cc1. The van der Waals surface area contributed by atoms with Crippen LogP contribution in [-0.4, -0.2) is 45.3 Å². The molecule has 9 nitrogen and oxygen atoms in total. The van der Waals surface area contributed by atoms with Crippen LogP contribution in [0, 0.1) is 12.8 Å². The molecule has 2 aliphatic heterocycles. The van der Waals surface area contributed by atoms with Gasteiger partial charge in [-0.25, -0.2) is 9.98 Å². The van der Waals surface area contributed by atoms with Crippen molar-refractivity contribution < 1.29 is 14.1 Å². The van der Waals surface area contributed by atoms with Crippen LogP contribution in [0.1, 0.15) is 56.5 Å². The number of amides is 2. The maximum atomic E-state index is 13.6. The van der Waals surface area contributed by atoms with E-state index in [1.807, 2.05) is 50.5 Å². The van der Waals surface area contributed by atoms with Crippen LogP contribution in [0.4, 0.5) is 0 Å². The van der Waals surface area contributed by atoms with Crippen molar-refractivity contribution in [2.45, 2.75) is 58.0 Å². The van der Waals surface area contributed by atoms with Crippen LogP contribution in [0.15, 0.2) is 50.2 Å². The van der Waals surface area contributed by atoms with Gasteiger partial charge in [0, 0.05) is 12.6 Å². The Morgan fingerprint density at radius 3 is 2.61 bits per heavy atom. The molecule has 2 aromatic heterocycles. The van der Waals surface area contributed by atoms with Gasteiger partial charge < -0.3 is 14.7 Å². The molecule has 3 aromatic rings. The second-order valence-electron chi connectivity index (χ2n) is 9.89. The summed E-state index contributed by atoms with van der Waals surface area (Å²) in [6.07, 6.45) is 1.50. The fourth-order valence-corrected chi connectivity index (χ4v) is 5.93. The zero-order chi connectivity index (χ0) is 25.6. The van der Waals surface area contributed by atoms with E-state index in [-0.39, 0.29) is 29.3 Å². The first kappa shape index (κ1) is 24.2. The average molecular weight is 508 g/mol. The molecular weight excluding hydrogens is 478 g/mol. The van der Waals surface area contributed by atoms with E-state index in [1.165, 1.54) is 6.07 Å². The van der Waals surface area contributed by atoms with Crippen LogP contribution in [0.25, 0.3) is 10.4 Å². The number of aromatic nitrogens is 2. The van der Waals surface area contributed by atoms with Gasteiger partial charge in [-0.15, -0.1) is 11.3 Å². The number of aromatic amines is 1. The van der Waals surface area contributed by atoms with E-state index in [0.29, 0.717) is 24.6 Å². The molecule has 2 N–H and O–H groups in total. The van der Waals surface area contributed by atoms with Gasteiger partial charge in [0.1, 0.15) is 11.8 Å². The summed E-state index contributed by atoms with van der Waals surface area (Å²) in [7, 11) is 0. The number of carbonyl (C=O) groups excluding carboxylic acids is 2. The third-order valence-corrected chi connectivity index (χ3v) is 8.09. The fraction of sp³-hybridized carbons (Fsp3) is 0.423. The summed E-state index contributed by atoms with van der Waals surface area (Å²) < 4.78 is 5.29. The number of carbonyl (C=O) groups is 2. The Kier molecular flexibility index (Phi) is 6.15. The lowest BCUT2D eigenvalue weighted by molar-refractivity contribution is -0.134. The summed E-state index contributed by atoms with van der Waals surface area (Å²) in [5.74, 6) is -0.196. The first-order chi connectivity index (χ1) is 17.2. The standard InChI is InChI=1S/C26H29N5O4S/c1-14(2)21(19-12-20(32)30-35-19)24(33)31-11-5-6-18(31)23-28-25(34)26(4,29-23)17-9-7-16(8-10-17)22-15(3)27-13-36-22/h7-10,12-14,18,21H,5-6,11H2,1-4H3,(H,30,32)(H,28,29,34)/t18-,21?,26+/m1/s1. The molecular formula is C26H29N5O4S. The topological polar surface area (TPSA) is 121 Å². The molecule has 2 amide bonds. The van der Waals surface area contributed by atoms with E-state index in [9.17, 15) is 14.4 Å². The van der Waals surface area contributed by atoms with E-state index in [2.05, 4.69) is 15.5 Å². The minimum absolute atomic E-state index is 0.0798. The molecule has 1 fully saturated rings. The number of hydrogen-bond acceptors (Lipinski definition) is 7. The smallest absolute Gasteiger partial charge is 0.280 e. The summed E-state index contributed by atoms with van der Waals surface area (Å²) in [5, 5.41) is 5.24. The molecule has 1 unspecified atom stereocenters. The van der Waals surface area contributed by atoms with Gasteiger partial charge in [0.2, 0.25) is 5.91 Å². The van der Waals surface area contributed by atoms with Crippen LogP contribution >= 0.6 is 11.3 Å². The molecule has 0 radical (unpaired) electrons. The Morgan fingerprint density at radius 2 is 2.00 bits per heavy atom. The number of hydrogen-bond donors (Lipinski definition) is 2. The van der Waals surface area contributed by atoms with E-state index >= 15 is 0 Å². The van der Waals surface area contributed by atoms with Crippen molar-refractivity contribution in [1.82, 2.24) is 20.4 Å². The van der Waals surface area contributed by atoms with Gasteiger partial charge in [-0.1, -0.05) is 38.1 Å². The van der Waals surface area contributed by atoms with Gasteiger partial charge in [-0.3, -0.25) is 14.4 Å². The van der Waals surface area contributed by atoms with Gasteiger partial charge in [0.25, 0.3) is 11.5 Å². The maximum Gasteiger partial charge on any atom is 0.280 e. The highest BCUT2D eigenvalue weighted by atomic mass is 32.1. The second kappa shape index (κ2) is 9.16. The molecule has 1 saturated heterocycles. The van der Waals surface area contributed by atoms with Crippen LogP contribution in [-0.2, 0) is 15.1 Å². The number of likely N-dealkylation sites (tertiary alicyclic amines) is 1. The third-order valence-electron chi connectivity index (χ3n) is 7.12. The number of amidine groups is 1. The molecule has 1 aromatic carbocycles. The molecule has 0 saturated carbocycles. The number of aryl methyl sites for hydroxylation is 1. The van der Waals surface area contributed by atoms with Gasteiger partial charge in [-0.2, -0.15) is 5.16 Å². The second-order valence-corrected chi connectivity index (χ2v) is 10.7. The molecule has 2 aliphatic rings. The van der Waals surface area contributed by atoms with E-state index < -0.39 is 11.5 Å². The third kappa shape index (κ3) is 4.09. The number of nitrogens with one attached hydrogen (secondary N) is 2. The maximum absolute atomic E-state index is 13.6. The minimum Gasteiger partial charge on any atom is -0.383 e. The summed E-state index contributed by atoms with van der Waals surface area (Å²) in [4.78, 5) is 50.5. The molecule has 10 heteroatoms. The predicted molar refractivity (Wildman–Crippen MR) is 137 cm³/mol. The van der Waals surface area contributed by atoms with Crippen LogP contribution < -0.4 is 10.9 Å². The van der Waals surface area contributed by atoms with Crippen molar-refractivity contribution in [2.24, 2.45) is 10.9 Å².